The van der Waals surface area contributed by atoms with Crippen molar-refractivity contribution in [2.45, 2.75) is 17.7 Å². The van der Waals surface area contributed by atoms with E-state index in [1.54, 1.807) is 6.07 Å². The normalized spacial score (nSPS) is 18.6. The molecule has 0 aromatic heterocycles. The van der Waals surface area contributed by atoms with E-state index in [0.29, 0.717) is 15.1 Å². The molecule has 4 heteroatoms. The van der Waals surface area contributed by atoms with Gasteiger partial charge >= 0.3 is 0 Å². The standard InChI is InChI=1S/C15H10BrCl2F/c16-12-7-14(19)11(6-13(12)17)15(18)10-5-8-3-1-2-4-9(8)10/h1-4,6-7,10,15H,5H2. The first-order valence-corrected chi connectivity index (χ1v) is 7.55. The monoisotopic (exact) mass is 358 g/mol. The largest absolute Gasteiger partial charge is 0.207 e. The lowest BCUT2D eigenvalue weighted by Gasteiger charge is -2.34. The van der Waals surface area contributed by atoms with Gasteiger partial charge in [0, 0.05) is 16.0 Å². The Balaban J connectivity index is 1.94. The molecule has 0 spiro atoms. The van der Waals surface area contributed by atoms with E-state index in [-0.39, 0.29) is 17.1 Å². The zero-order valence-corrected chi connectivity index (χ0v) is 12.9. The fourth-order valence-electron chi connectivity index (χ4n) is 2.52. The van der Waals surface area contributed by atoms with Crippen molar-refractivity contribution in [3.63, 3.8) is 0 Å². The van der Waals surface area contributed by atoms with E-state index < -0.39 is 0 Å². The lowest BCUT2D eigenvalue weighted by molar-refractivity contribution is 0.548. The van der Waals surface area contributed by atoms with Gasteiger partial charge in [0.25, 0.3) is 0 Å². The molecule has 0 saturated heterocycles. The topological polar surface area (TPSA) is 0 Å². The van der Waals surface area contributed by atoms with Crippen LogP contribution in [0.25, 0.3) is 0 Å². The van der Waals surface area contributed by atoms with Gasteiger partial charge in [-0.05, 0) is 45.6 Å². The highest BCUT2D eigenvalue weighted by molar-refractivity contribution is 9.10. The van der Waals surface area contributed by atoms with Crippen molar-refractivity contribution in [2.24, 2.45) is 0 Å². The van der Waals surface area contributed by atoms with Gasteiger partial charge in [0.05, 0.1) is 10.4 Å². The van der Waals surface area contributed by atoms with Crippen LogP contribution in [0.1, 0.15) is 28.0 Å². The van der Waals surface area contributed by atoms with Gasteiger partial charge in [0.1, 0.15) is 5.82 Å². The maximum atomic E-state index is 14.0. The number of alkyl halides is 1. The number of benzene rings is 2. The minimum atomic E-state index is -0.388. The van der Waals surface area contributed by atoms with E-state index in [4.69, 9.17) is 23.2 Å². The number of fused-ring (bicyclic) bond motifs is 1. The highest BCUT2D eigenvalue weighted by Gasteiger charge is 2.34. The fraction of sp³-hybridized carbons (Fsp3) is 0.200. The van der Waals surface area contributed by atoms with Crippen LogP contribution in [-0.4, -0.2) is 0 Å². The van der Waals surface area contributed by atoms with Crippen molar-refractivity contribution in [1.29, 1.82) is 0 Å². The van der Waals surface area contributed by atoms with Crippen LogP contribution in [0.2, 0.25) is 5.02 Å². The van der Waals surface area contributed by atoms with E-state index in [9.17, 15) is 4.39 Å². The number of halogens is 4. The van der Waals surface area contributed by atoms with Crippen molar-refractivity contribution in [3.05, 3.63) is 68.4 Å². The zero-order valence-electron chi connectivity index (χ0n) is 9.84. The van der Waals surface area contributed by atoms with E-state index in [2.05, 4.69) is 28.1 Å². The molecular weight excluding hydrogens is 350 g/mol. The van der Waals surface area contributed by atoms with Crippen LogP contribution in [0.15, 0.2) is 40.9 Å². The number of hydrogen-bond acceptors (Lipinski definition) is 0. The van der Waals surface area contributed by atoms with Crippen molar-refractivity contribution in [2.75, 3.05) is 0 Å². The van der Waals surface area contributed by atoms with Gasteiger partial charge in [-0.15, -0.1) is 11.6 Å². The molecule has 0 bridgehead atoms. The van der Waals surface area contributed by atoms with Crippen molar-refractivity contribution in [1.82, 2.24) is 0 Å². The third-order valence-electron chi connectivity index (χ3n) is 3.58. The molecule has 98 valence electrons. The van der Waals surface area contributed by atoms with E-state index in [1.165, 1.54) is 17.2 Å². The number of rotatable bonds is 2. The summed E-state index contributed by atoms with van der Waals surface area (Å²) in [6.07, 6.45) is 0.886. The molecule has 0 fully saturated rings. The van der Waals surface area contributed by atoms with Crippen molar-refractivity contribution >= 4 is 39.1 Å². The summed E-state index contributed by atoms with van der Waals surface area (Å²) in [5.41, 5.74) is 2.97. The molecular formula is C15H10BrCl2F. The summed E-state index contributed by atoms with van der Waals surface area (Å²) in [5.74, 6) is -0.162. The quantitative estimate of drug-likeness (QED) is 0.465. The molecule has 3 rings (SSSR count). The first kappa shape index (κ1) is 13.4. The summed E-state index contributed by atoms with van der Waals surface area (Å²) in [6, 6.07) is 11.1. The third kappa shape index (κ3) is 2.31. The van der Waals surface area contributed by atoms with Gasteiger partial charge in [-0.1, -0.05) is 35.9 Å². The molecule has 1 aliphatic rings. The smallest absolute Gasteiger partial charge is 0.129 e. The minimum Gasteiger partial charge on any atom is -0.207 e. The lowest BCUT2D eigenvalue weighted by atomic mass is 9.74. The first-order valence-electron chi connectivity index (χ1n) is 5.94. The van der Waals surface area contributed by atoms with E-state index in [1.807, 2.05) is 12.1 Å². The second-order valence-electron chi connectivity index (χ2n) is 4.70. The number of hydrogen-bond donors (Lipinski definition) is 0. The Labute approximate surface area is 129 Å². The Bertz CT molecular complexity index is 642. The molecule has 0 amide bonds. The average Bonchev–Trinajstić information content (AvgIpc) is 2.35. The van der Waals surface area contributed by atoms with Gasteiger partial charge < -0.3 is 0 Å². The summed E-state index contributed by atoms with van der Waals surface area (Å²) in [4.78, 5) is 0. The van der Waals surface area contributed by atoms with Crippen LogP contribution in [-0.2, 0) is 6.42 Å². The van der Waals surface area contributed by atoms with Crippen molar-refractivity contribution in [3.8, 4) is 0 Å². The Kier molecular flexibility index (Phi) is 3.59. The van der Waals surface area contributed by atoms with Crippen LogP contribution < -0.4 is 0 Å². The molecule has 19 heavy (non-hydrogen) atoms. The summed E-state index contributed by atoms with van der Waals surface area (Å²) in [6.45, 7) is 0. The zero-order chi connectivity index (χ0) is 13.6. The first-order chi connectivity index (χ1) is 9.08. The average molecular weight is 360 g/mol. The molecule has 2 unspecified atom stereocenters. The lowest BCUT2D eigenvalue weighted by Crippen LogP contribution is -2.21. The molecule has 0 heterocycles. The molecule has 2 aromatic carbocycles. The van der Waals surface area contributed by atoms with Gasteiger partial charge in [0.15, 0.2) is 0 Å². The van der Waals surface area contributed by atoms with E-state index in [0.717, 1.165) is 6.42 Å². The Hall–Kier alpha value is -0.570. The van der Waals surface area contributed by atoms with Gasteiger partial charge in [0.2, 0.25) is 0 Å². The van der Waals surface area contributed by atoms with Gasteiger partial charge in [-0.3, -0.25) is 0 Å². The second kappa shape index (κ2) is 5.08. The van der Waals surface area contributed by atoms with Crippen LogP contribution in [0.5, 0.6) is 0 Å². The van der Waals surface area contributed by atoms with Crippen LogP contribution in [0.3, 0.4) is 0 Å². The molecule has 0 nitrogen and oxygen atoms in total. The summed E-state index contributed by atoms with van der Waals surface area (Å²) in [5, 5.41) is 0.0927. The molecule has 0 saturated carbocycles. The minimum absolute atomic E-state index is 0.157. The fourth-order valence-corrected chi connectivity index (χ4v) is 3.40. The molecule has 0 radical (unpaired) electrons. The van der Waals surface area contributed by atoms with E-state index >= 15 is 0 Å². The SMILES string of the molecule is Fc1cc(Br)c(Cl)cc1C(Cl)C1Cc2ccccc21. The third-order valence-corrected chi connectivity index (χ3v) is 5.32. The summed E-state index contributed by atoms with van der Waals surface area (Å²) < 4.78 is 14.6. The second-order valence-corrected chi connectivity index (χ2v) is 6.43. The van der Waals surface area contributed by atoms with Crippen LogP contribution in [0.4, 0.5) is 4.39 Å². The summed E-state index contributed by atoms with van der Waals surface area (Å²) in [7, 11) is 0. The molecule has 0 aliphatic heterocycles. The molecule has 2 aromatic rings. The highest BCUT2D eigenvalue weighted by atomic mass is 79.9. The Morgan fingerprint density at radius 2 is 2.00 bits per heavy atom. The predicted molar refractivity (Wildman–Crippen MR) is 80.6 cm³/mol. The van der Waals surface area contributed by atoms with Crippen LogP contribution >= 0.6 is 39.1 Å². The maximum absolute atomic E-state index is 14.0. The maximum Gasteiger partial charge on any atom is 0.129 e. The highest BCUT2D eigenvalue weighted by Crippen LogP contribution is 2.48. The molecule has 0 N–H and O–H groups in total. The molecule has 2 atom stereocenters. The van der Waals surface area contributed by atoms with Crippen molar-refractivity contribution < 1.29 is 4.39 Å². The van der Waals surface area contributed by atoms with Gasteiger partial charge in [-0.25, -0.2) is 4.39 Å². The van der Waals surface area contributed by atoms with Crippen LogP contribution in [0, 0.1) is 5.82 Å². The molecule has 1 aliphatic carbocycles. The predicted octanol–water partition coefficient (Wildman–Crippen LogP) is 5.86. The summed E-state index contributed by atoms with van der Waals surface area (Å²) >= 11 is 15.7. The Morgan fingerprint density at radius 1 is 1.26 bits per heavy atom. The van der Waals surface area contributed by atoms with Gasteiger partial charge in [-0.2, -0.15) is 0 Å². The Morgan fingerprint density at radius 3 is 2.74 bits per heavy atom.